The lowest BCUT2D eigenvalue weighted by atomic mass is 10.0. The predicted octanol–water partition coefficient (Wildman–Crippen LogP) is 5.57. The molecule has 0 radical (unpaired) electrons. The zero-order chi connectivity index (χ0) is 20.9. The van der Waals surface area contributed by atoms with Crippen molar-refractivity contribution in [2.24, 2.45) is 0 Å². The third-order valence-corrected chi connectivity index (χ3v) is 12.1. The molecule has 8 heteroatoms. The molecule has 2 aromatic rings. The van der Waals surface area contributed by atoms with Gasteiger partial charge < -0.3 is 9.33 Å². The number of halogens is 1. The zero-order valence-electron chi connectivity index (χ0n) is 17.6. The molecule has 0 unspecified atom stereocenters. The minimum absolute atomic E-state index is 0.0569. The molecule has 0 N–H and O–H groups in total. The Morgan fingerprint density at radius 1 is 1.32 bits per heavy atom. The van der Waals surface area contributed by atoms with Crippen molar-refractivity contribution in [2.45, 2.75) is 58.3 Å². The van der Waals surface area contributed by atoms with Crippen LogP contribution in [0.5, 0.6) is 0 Å². The summed E-state index contributed by atoms with van der Waals surface area (Å²) in [7, 11) is -1.83. The molecular formula is C20H28ClN3O2SSi. The molecule has 3 rings (SSSR count). The number of aromatic nitrogens is 2. The van der Waals surface area contributed by atoms with Crippen LogP contribution in [0.3, 0.4) is 0 Å². The van der Waals surface area contributed by atoms with E-state index in [9.17, 15) is 4.79 Å². The second-order valence-electron chi connectivity index (χ2n) is 9.19. The number of carbonyl (C=O) groups excluding carboxylic acids is 1. The number of thiophene rings is 1. The van der Waals surface area contributed by atoms with E-state index in [0.717, 1.165) is 21.0 Å². The van der Waals surface area contributed by atoms with E-state index in [-0.39, 0.29) is 21.8 Å². The van der Waals surface area contributed by atoms with Gasteiger partial charge in [0.15, 0.2) is 8.32 Å². The van der Waals surface area contributed by atoms with Crippen LogP contribution in [0.2, 0.25) is 23.4 Å². The zero-order valence-corrected chi connectivity index (χ0v) is 20.2. The van der Waals surface area contributed by atoms with Crippen molar-refractivity contribution in [1.82, 2.24) is 14.9 Å². The number of nitrogens with zero attached hydrogens (tertiary/aromatic N) is 3. The molecule has 0 bridgehead atoms. The Morgan fingerprint density at radius 2 is 2.00 bits per heavy atom. The first-order valence-corrected chi connectivity index (χ1v) is 13.5. The van der Waals surface area contributed by atoms with Crippen molar-refractivity contribution in [2.75, 3.05) is 13.2 Å². The summed E-state index contributed by atoms with van der Waals surface area (Å²) in [6.07, 6.45) is 1.63. The van der Waals surface area contributed by atoms with Gasteiger partial charge in [-0.2, -0.15) is 0 Å². The van der Waals surface area contributed by atoms with E-state index >= 15 is 0 Å². The average Bonchev–Trinajstić information content (AvgIpc) is 3.09. The van der Waals surface area contributed by atoms with Gasteiger partial charge in [0.2, 0.25) is 5.28 Å². The molecule has 0 spiro atoms. The van der Waals surface area contributed by atoms with Gasteiger partial charge in [0.05, 0.1) is 28.3 Å². The Balaban J connectivity index is 1.78. The predicted molar refractivity (Wildman–Crippen MR) is 118 cm³/mol. The maximum atomic E-state index is 13.1. The number of carbonyl (C=O) groups is 1. The topological polar surface area (TPSA) is 55.3 Å². The van der Waals surface area contributed by atoms with E-state index in [1.807, 2.05) is 17.0 Å². The summed E-state index contributed by atoms with van der Waals surface area (Å²) < 4.78 is 6.30. The van der Waals surface area contributed by atoms with Crippen LogP contribution in [-0.4, -0.2) is 42.2 Å². The van der Waals surface area contributed by atoms with Crippen LogP contribution in [0.4, 0.5) is 0 Å². The Morgan fingerprint density at radius 3 is 2.57 bits per heavy atom. The minimum atomic E-state index is -1.83. The molecule has 152 valence electrons. The van der Waals surface area contributed by atoms with E-state index < -0.39 is 8.32 Å². The molecule has 0 aromatic carbocycles. The van der Waals surface area contributed by atoms with E-state index in [1.54, 1.807) is 17.5 Å². The number of hydrogen-bond acceptors (Lipinski definition) is 5. The average molecular weight is 438 g/mol. The first-order chi connectivity index (χ1) is 12.8. The summed E-state index contributed by atoms with van der Waals surface area (Å²) in [5.74, 6) is 0.0569. The van der Waals surface area contributed by atoms with Crippen LogP contribution in [0.25, 0.3) is 10.6 Å². The molecule has 3 heterocycles. The first-order valence-electron chi connectivity index (χ1n) is 9.44. The minimum Gasteiger partial charge on any atom is -0.415 e. The molecule has 28 heavy (non-hydrogen) atoms. The normalized spacial score (nSPS) is 16.6. The maximum absolute atomic E-state index is 13.1. The van der Waals surface area contributed by atoms with E-state index in [1.165, 1.54) is 0 Å². The summed E-state index contributed by atoms with van der Waals surface area (Å²) in [5.41, 5.74) is 1.13. The molecule has 2 aromatic heterocycles. The third-order valence-electron chi connectivity index (χ3n) is 5.90. The summed E-state index contributed by atoms with van der Waals surface area (Å²) in [6.45, 7) is 16.5. The fraction of sp³-hybridized carbons (Fsp3) is 0.550. The van der Waals surface area contributed by atoms with E-state index in [0.29, 0.717) is 13.2 Å². The summed E-state index contributed by atoms with van der Waals surface area (Å²) in [6, 6.07) is 3.74. The molecule has 0 saturated carbocycles. The van der Waals surface area contributed by atoms with Crippen LogP contribution in [0, 0.1) is 0 Å². The molecule has 0 atom stereocenters. The van der Waals surface area contributed by atoms with E-state index in [4.69, 9.17) is 16.0 Å². The number of amides is 1. The highest BCUT2D eigenvalue weighted by atomic mass is 35.5. The van der Waals surface area contributed by atoms with Gasteiger partial charge in [-0.05, 0) is 55.7 Å². The van der Waals surface area contributed by atoms with Crippen LogP contribution >= 0.6 is 22.9 Å². The number of fused-ring (bicyclic) bond motifs is 1. The van der Waals surface area contributed by atoms with Gasteiger partial charge in [0, 0.05) is 17.6 Å². The molecule has 1 aliphatic heterocycles. The lowest BCUT2D eigenvalue weighted by molar-refractivity contribution is 0.0571. The van der Waals surface area contributed by atoms with Gasteiger partial charge in [-0.15, -0.1) is 11.3 Å². The first kappa shape index (κ1) is 21.4. The van der Waals surface area contributed by atoms with Gasteiger partial charge in [0.1, 0.15) is 0 Å². The van der Waals surface area contributed by atoms with Gasteiger partial charge in [0.25, 0.3) is 5.91 Å². The number of rotatable bonds is 5. The Bertz CT molecular complexity index is 905. The van der Waals surface area contributed by atoms with Crippen molar-refractivity contribution < 1.29 is 9.22 Å². The highest BCUT2D eigenvalue weighted by Crippen LogP contribution is 2.46. The monoisotopic (exact) mass is 437 g/mol. The molecular weight excluding hydrogens is 410 g/mol. The Kier molecular flexibility index (Phi) is 5.51. The SMILES string of the molecule is CC1(C)c2sc(-c3ccnc(Cl)n3)cc2C(=O)N1CCO[Si](C)(C)C(C)(C)C. The molecule has 1 aliphatic rings. The standard InChI is InChI=1S/C20H28ClN3O2SSi/c1-19(2,3)28(6,7)26-11-10-24-17(25)13-12-15(27-16(13)20(24,4)5)14-8-9-22-18(21)23-14/h8-9,12H,10-11H2,1-7H3. The second-order valence-corrected chi connectivity index (χ2v) is 15.4. The third kappa shape index (κ3) is 3.77. The van der Waals surface area contributed by atoms with Crippen LogP contribution in [0.15, 0.2) is 18.3 Å². The van der Waals surface area contributed by atoms with Gasteiger partial charge in [-0.1, -0.05) is 20.8 Å². The maximum Gasteiger partial charge on any atom is 0.255 e. The largest absolute Gasteiger partial charge is 0.415 e. The van der Waals surface area contributed by atoms with Crippen molar-refractivity contribution in [3.63, 3.8) is 0 Å². The van der Waals surface area contributed by atoms with Crippen molar-refractivity contribution in [3.05, 3.63) is 34.1 Å². The van der Waals surface area contributed by atoms with Crippen molar-refractivity contribution >= 4 is 37.2 Å². The smallest absolute Gasteiger partial charge is 0.255 e. The fourth-order valence-corrected chi connectivity index (χ4v) is 5.53. The van der Waals surface area contributed by atoms with Crippen LogP contribution in [-0.2, 0) is 9.96 Å². The van der Waals surface area contributed by atoms with Crippen molar-refractivity contribution in [3.8, 4) is 10.6 Å². The van der Waals surface area contributed by atoms with Gasteiger partial charge >= 0.3 is 0 Å². The molecule has 0 fully saturated rings. The molecule has 0 saturated heterocycles. The lowest BCUT2D eigenvalue weighted by Gasteiger charge is -2.38. The second kappa shape index (κ2) is 7.20. The Labute approximate surface area is 177 Å². The van der Waals surface area contributed by atoms with Gasteiger partial charge in [-0.25, -0.2) is 9.97 Å². The van der Waals surface area contributed by atoms with E-state index in [2.05, 4.69) is 57.7 Å². The molecule has 5 nitrogen and oxygen atoms in total. The molecule has 0 aliphatic carbocycles. The highest BCUT2D eigenvalue weighted by molar-refractivity contribution is 7.16. The van der Waals surface area contributed by atoms with Crippen LogP contribution < -0.4 is 0 Å². The fourth-order valence-electron chi connectivity index (χ4n) is 3.11. The highest BCUT2D eigenvalue weighted by Gasteiger charge is 2.45. The summed E-state index contributed by atoms with van der Waals surface area (Å²) in [4.78, 5) is 25.2. The van der Waals surface area contributed by atoms with Crippen LogP contribution in [0.1, 0.15) is 49.9 Å². The van der Waals surface area contributed by atoms with Gasteiger partial charge in [-0.3, -0.25) is 4.79 Å². The Hall–Kier alpha value is -1.28. The summed E-state index contributed by atoms with van der Waals surface area (Å²) >= 11 is 7.52. The molecule has 1 amide bonds. The quantitative estimate of drug-likeness (QED) is 0.453. The van der Waals surface area contributed by atoms with Crippen molar-refractivity contribution in [1.29, 1.82) is 0 Å². The lowest BCUT2D eigenvalue weighted by Crippen LogP contribution is -2.45. The summed E-state index contributed by atoms with van der Waals surface area (Å²) in [5, 5.41) is 0.366. The number of hydrogen-bond donors (Lipinski definition) is 0.